The van der Waals surface area contributed by atoms with Crippen molar-refractivity contribution in [2.75, 3.05) is 4.90 Å². The number of rotatable bonds is 8. The molecule has 0 amide bonds. The molecule has 11 rings (SSSR count). The van der Waals surface area contributed by atoms with Gasteiger partial charge in [-0.3, -0.25) is 0 Å². The second-order valence-corrected chi connectivity index (χ2v) is 15.4. The molecule has 0 fully saturated rings. The normalized spacial score (nSPS) is 11.3. The van der Waals surface area contributed by atoms with Crippen molar-refractivity contribution in [2.24, 2.45) is 0 Å². The Bertz CT molecular complexity index is 3270. The van der Waals surface area contributed by atoms with Crippen LogP contribution in [-0.4, -0.2) is 0 Å². The molecule has 0 aliphatic rings. The standard InChI is InChI=1S/C58H39NO/c1-2-9-40(10-3-1)43-23-30-52(31-24-43)59(54-34-27-46(28-35-54)51-29-36-56-55-15-6-7-16-57(55)60-58(56)39-51)53-32-25-44(26-33-53)42-17-19-45(20-18-42)48-13-8-14-49(37-48)50-22-21-41-11-4-5-12-47(41)38-50/h1-39H. The van der Waals surface area contributed by atoms with Crippen molar-refractivity contribution in [3.63, 3.8) is 0 Å². The molecular weight excluding hydrogens is 727 g/mol. The van der Waals surface area contributed by atoms with E-state index in [0.29, 0.717) is 0 Å². The SMILES string of the molecule is c1ccc(-c2ccc(N(c3ccc(-c4ccc(-c5cccc(-c6ccc7ccccc7c6)c5)cc4)cc3)c3ccc(-c4ccc5c(c4)oc4ccccc45)cc3)cc2)cc1. The minimum Gasteiger partial charge on any atom is -0.456 e. The highest BCUT2D eigenvalue weighted by Crippen LogP contribution is 2.39. The molecule has 0 aliphatic heterocycles. The fourth-order valence-corrected chi connectivity index (χ4v) is 8.49. The highest BCUT2D eigenvalue weighted by molar-refractivity contribution is 6.06. The van der Waals surface area contributed by atoms with Gasteiger partial charge in [-0.1, -0.05) is 170 Å². The van der Waals surface area contributed by atoms with E-state index in [4.69, 9.17) is 4.42 Å². The zero-order valence-corrected chi connectivity index (χ0v) is 32.9. The highest BCUT2D eigenvalue weighted by atomic mass is 16.3. The Morgan fingerprint density at radius 1 is 0.233 bits per heavy atom. The molecule has 11 aromatic rings. The van der Waals surface area contributed by atoms with Crippen LogP contribution in [0, 0.1) is 0 Å². The molecule has 0 spiro atoms. The van der Waals surface area contributed by atoms with Gasteiger partial charge in [0.1, 0.15) is 11.2 Å². The number of fused-ring (bicyclic) bond motifs is 4. The van der Waals surface area contributed by atoms with Gasteiger partial charge in [0.25, 0.3) is 0 Å². The van der Waals surface area contributed by atoms with Crippen LogP contribution in [0.4, 0.5) is 17.1 Å². The molecule has 0 radical (unpaired) electrons. The molecule has 2 heteroatoms. The van der Waals surface area contributed by atoms with Crippen LogP contribution in [0.5, 0.6) is 0 Å². The summed E-state index contributed by atoms with van der Waals surface area (Å²) in [5, 5.41) is 4.80. The van der Waals surface area contributed by atoms with E-state index in [1.807, 2.05) is 12.1 Å². The zero-order chi connectivity index (χ0) is 39.8. The number of nitrogens with zero attached hydrogens (tertiary/aromatic N) is 1. The Morgan fingerprint density at radius 3 is 1.27 bits per heavy atom. The van der Waals surface area contributed by atoms with Crippen LogP contribution in [0.1, 0.15) is 0 Å². The molecule has 10 aromatic carbocycles. The molecule has 0 aliphatic carbocycles. The van der Waals surface area contributed by atoms with E-state index in [0.717, 1.165) is 50.1 Å². The molecule has 0 N–H and O–H groups in total. The monoisotopic (exact) mass is 765 g/mol. The minimum atomic E-state index is 0.902. The summed E-state index contributed by atoms with van der Waals surface area (Å²) < 4.78 is 6.22. The van der Waals surface area contributed by atoms with Gasteiger partial charge in [-0.2, -0.15) is 0 Å². The van der Waals surface area contributed by atoms with E-state index in [2.05, 4.69) is 229 Å². The Labute approximate surface area is 349 Å². The van der Waals surface area contributed by atoms with E-state index in [-0.39, 0.29) is 0 Å². The average Bonchev–Trinajstić information content (AvgIpc) is 3.71. The number of furan rings is 1. The number of hydrogen-bond acceptors (Lipinski definition) is 2. The third-order valence-electron chi connectivity index (χ3n) is 11.7. The Morgan fingerprint density at radius 2 is 0.633 bits per heavy atom. The maximum atomic E-state index is 6.22. The molecule has 0 saturated heterocycles. The molecule has 60 heavy (non-hydrogen) atoms. The lowest BCUT2D eigenvalue weighted by Crippen LogP contribution is -2.09. The lowest BCUT2D eigenvalue weighted by Gasteiger charge is -2.26. The fourth-order valence-electron chi connectivity index (χ4n) is 8.49. The van der Waals surface area contributed by atoms with Crippen LogP contribution < -0.4 is 4.90 Å². The largest absolute Gasteiger partial charge is 0.456 e. The number of para-hydroxylation sites is 1. The first-order valence-electron chi connectivity index (χ1n) is 20.5. The van der Waals surface area contributed by atoms with Crippen molar-refractivity contribution in [1.29, 1.82) is 0 Å². The second-order valence-electron chi connectivity index (χ2n) is 15.4. The topological polar surface area (TPSA) is 16.4 Å². The predicted octanol–water partition coefficient (Wildman–Crippen LogP) is 16.5. The highest BCUT2D eigenvalue weighted by Gasteiger charge is 2.15. The van der Waals surface area contributed by atoms with Gasteiger partial charge in [0.2, 0.25) is 0 Å². The van der Waals surface area contributed by atoms with E-state index >= 15 is 0 Å². The van der Waals surface area contributed by atoms with Gasteiger partial charge in [-0.15, -0.1) is 0 Å². The van der Waals surface area contributed by atoms with Crippen molar-refractivity contribution in [3.8, 4) is 55.6 Å². The number of benzene rings is 10. The van der Waals surface area contributed by atoms with Crippen molar-refractivity contribution in [1.82, 2.24) is 0 Å². The van der Waals surface area contributed by atoms with Crippen molar-refractivity contribution in [3.05, 3.63) is 237 Å². The van der Waals surface area contributed by atoms with Crippen LogP contribution >= 0.6 is 0 Å². The van der Waals surface area contributed by atoms with Gasteiger partial charge < -0.3 is 9.32 Å². The molecule has 1 heterocycles. The summed E-state index contributed by atoms with van der Waals surface area (Å²) in [5.74, 6) is 0. The van der Waals surface area contributed by atoms with E-state index in [1.165, 1.54) is 55.3 Å². The second kappa shape index (κ2) is 15.1. The van der Waals surface area contributed by atoms with Crippen molar-refractivity contribution in [2.45, 2.75) is 0 Å². The molecule has 0 atom stereocenters. The van der Waals surface area contributed by atoms with Crippen molar-refractivity contribution < 1.29 is 4.42 Å². The molecule has 2 nitrogen and oxygen atoms in total. The van der Waals surface area contributed by atoms with E-state index < -0.39 is 0 Å². The molecule has 0 unspecified atom stereocenters. The van der Waals surface area contributed by atoms with Crippen LogP contribution in [-0.2, 0) is 0 Å². The average molecular weight is 766 g/mol. The summed E-state index contributed by atoms with van der Waals surface area (Å²) in [5.41, 5.74) is 16.9. The molecule has 282 valence electrons. The molecule has 0 bridgehead atoms. The third-order valence-corrected chi connectivity index (χ3v) is 11.7. The van der Waals surface area contributed by atoms with Crippen LogP contribution in [0.2, 0.25) is 0 Å². The van der Waals surface area contributed by atoms with E-state index in [9.17, 15) is 0 Å². The third kappa shape index (κ3) is 6.70. The Hall–Kier alpha value is -7.94. The van der Waals surface area contributed by atoms with Gasteiger partial charge in [-0.25, -0.2) is 0 Å². The van der Waals surface area contributed by atoms with E-state index in [1.54, 1.807) is 0 Å². The summed E-state index contributed by atoms with van der Waals surface area (Å²) in [7, 11) is 0. The summed E-state index contributed by atoms with van der Waals surface area (Å²) >= 11 is 0. The zero-order valence-electron chi connectivity index (χ0n) is 32.9. The van der Waals surface area contributed by atoms with Gasteiger partial charge in [0, 0.05) is 27.8 Å². The molecular formula is C58H39NO. The summed E-state index contributed by atoms with van der Waals surface area (Å²) in [6.45, 7) is 0. The summed E-state index contributed by atoms with van der Waals surface area (Å²) in [6.07, 6.45) is 0. The molecule has 1 aromatic heterocycles. The van der Waals surface area contributed by atoms with Gasteiger partial charge in [0.15, 0.2) is 0 Å². The minimum absolute atomic E-state index is 0.902. The molecule has 0 saturated carbocycles. The smallest absolute Gasteiger partial charge is 0.136 e. The lowest BCUT2D eigenvalue weighted by atomic mass is 9.96. The van der Waals surface area contributed by atoms with Crippen LogP contribution in [0.3, 0.4) is 0 Å². The first-order chi connectivity index (χ1) is 29.7. The van der Waals surface area contributed by atoms with Gasteiger partial charge >= 0.3 is 0 Å². The fraction of sp³-hybridized carbons (Fsp3) is 0. The maximum Gasteiger partial charge on any atom is 0.136 e. The first-order valence-corrected chi connectivity index (χ1v) is 20.5. The van der Waals surface area contributed by atoms with Gasteiger partial charge in [0.05, 0.1) is 0 Å². The number of hydrogen-bond donors (Lipinski definition) is 0. The lowest BCUT2D eigenvalue weighted by molar-refractivity contribution is 0.669. The quantitative estimate of drug-likeness (QED) is 0.153. The van der Waals surface area contributed by atoms with Crippen LogP contribution in [0.25, 0.3) is 88.3 Å². The summed E-state index contributed by atoms with van der Waals surface area (Å²) in [6, 6.07) is 84.9. The Balaban J connectivity index is 0.887. The Kier molecular flexibility index (Phi) is 8.87. The van der Waals surface area contributed by atoms with Crippen LogP contribution in [0.15, 0.2) is 241 Å². The number of anilines is 3. The first kappa shape index (κ1) is 35.2. The summed E-state index contributed by atoms with van der Waals surface area (Å²) in [4.78, 5) is 2.33. The maximum absolute atomic E-state index is 6.22. The van der Waals surface area contributed by atoms with Gasteiger partial charge in [-0.05, 0) is 133 Å². The van der Waals surface area contributed by atoms with Crippen molar-refractivity contribution >= 4 is 49.8 Å². The predicted molar refractivity (Wildman–Crippen MR) is 253 cm³/mol.